The number of rotatable bonds is 0. The maximum Gasteiger partial charge on any atom is 0.396 e. The average molecular weight is 215 g/mol. The zero-order valence-corrected chi connectivity index (χ0v) is 7.64. The largest absolute Gasteiger partial charge is 0.396 e. The first-order chi connectivity index (χ1) is 6.98. The van der Waals surface area contributed by atoms with Crippen LogP contribution in [0.3, 0.4) is 0 Å². The van der Waals surface area contributed by atoms with Crippen LogP contribution in [0.1, 0.15) is 17.9 Å². The monoisotopic (exact) mass is 215 g/mol. The van der Waals surface area contributed by atoms with Crippen molar-refractivity contribution < 1.29 is 18.0 Å². The highest BCUT2D eigenvalue weighted by molar-refractivity contribution is 5.94. The summed E-state index contributed by atoms with van der Waals surface area (Å²) < 4.78 is 37.8. The van der Waals surface area contributed by atoms with Gasteiger partial charge in [-0.25, -0.2) is 0 Å². The minimum absolute atomic E-state index is 0.143. The lowest BCUT2D eigenvalue weighted by Gasteiger charge is -2.27. The molecule has 0 aromatic heterocycles. The fraction of sp³-hybridized carbons (Fsp3) is 0.300. The molecule has 0 unspecified atom stereocenters. The Labute approximate surface area is 84.1 Å². The van der Waals surface area contributed by atoms with Gasteiger partial charge < -0.3 is 5.32 Å². The van der Waals surface area contributed by atoms with Gasteiger partial charge in [0.2, 0.25) is 5.91 Å². The van der Waals surface area contributed by atoms with Gasteiger partial charge >= 0.3 is 6.18 Å². The number of nitrogens with one attached hydrogen (secondary N) is 1. The molecule has 0 saturated carbocycles. The predicted molar refractivity (Wildman–Crippen MR) is 48.5 cm³/mol. The van der Waals surface area contributed by atoms with Gasteiger partial charge in [0.25, 0.3) is 0 Å². The van der Waals surface area contributed by atoms with E-state index in [0.29, 0.717) is 0 Å². The van der Waals surface area contributed by atoms with Gasteiger partial charge in [0.05, 0.1) is 5.92 Å². The molecule has 15 heavy (non-hydrogen) atoms. The molecule has 0 radical (unpaired) electrons. The Balaban J connectivity index is 2.47. The number of benzene rings is 1. The Morgan fingerprint density at radius 2 is 1.93 bits per heavy atom. The Kier molecular flexibility index (Phi) is 2.17. The number of hydrogen-bond donors (Lipinski definition) is 1. The zero-order chi connectivity index (χ0) is 11.1. The van der Waals surface area contributed by atoms with E-state index in [1.807, 2.05) is 0 Å². The second-order valence-corrected chi connectivity index (χ2v) is 3.43. The van der Waals surface area contributed by atoms with E-state index in [-0.39, 0.29) is 11.3 Å². The van der Waals surface area contributed by atoms with Gasteiger partial charge in [-0.05, 0) is 11.6 Å². The number of para-hydroxylation sites is 1. The number of anilines is 1. The maximum absolute atomic E-state index is 12.6. The number of hydrogen-bond acceptors (Lipinski definition) is 1. The van der Waals surface area contributed by atoms with E-state index in [4.69, 9.17) is 0 Å². The van der Waals surface area contributed by atoms with Crippen LogP contribution < -0.4 is 5.32 Å². The molecule has 0 fully saturated rings. The fourth-order valence-electron chi connectivity index (χ4n) is 1.70. The SMILES string of the molecule is O=C1C[C@H](C(F)(F)F)c2ccccc2N1. The van der Waals surface area contributed by atoms with Gasteiger partial charge in [-0.1, -0.05) is 18.2 Å². The summed E-state index contributed by atoms with van der Waals surface area (Å²) >= 11 is 0. The molecule has 2 nitrogen and oxygen atoms in total. The van der Waals surface area contributed by atoms with Crippen LogP contribution in [0, 0.1) is 0 Å². The highest BCUT2D eigenvalue weighted by Crippen LogP contribution is 2.42. The summed E-state index contributed by atoms with van der Waals surface area (Å²) in [5.41, 5.74) is 0.403. The van der Waals surface area contributed by atoms with Gasteiger partial charge in [0.1, 0.15) is 0 Å². The van der Waals surface area contributed by atoms with Crippen molar-refractivity contribution in [3.8, 4) is 0 Å². The van der Waals surface area contributed by atoms with Gasteiger partial charge in [0.15, 0.2) is 0 Å². The van der Waals surface area contributed by atoms with Crippen LogP contribution in [0.2, 0.25) is 0 Å². The number of halogens is 3. The summed E-state index contributed by atoms with van der Waals surface area (Å²) in [5.74, 6) is -2.27. The van der Waals surface area contributed by atoms with Crippen molar-refractivity contribution in [3.05, 3.63) is 29.8 Å². The minimum Gasteiger partial charge on any atom is -0.326 e. The summed E-state index contributed by atoms with van der Waals surface area (Å²) in [4.78, 5) is 11.1. The number of carbonyl (C=O) groups excluding carboxylic acids is 1. The lowest BCUT2D eigenvalue weighted by Crippen LogP contribution is -2.31. The van der Waals surface area contributed by atoms with Crippen molar-refractivity contribution in [2.45, 2.75) is 18.5 Å². The first-order valence-electron chi connectivity index (χ1n) is 4.44. The first kappa shape index (κ1) is 10.0. The average Bonchev–Trinajstić information content (AvgIpc) is 2.15. The van der Waals surface area contributed by atoms with Gasteiger partial charge in [-0.3, -0.25) is 4.79 Å². The molecule has 0 aliphatic carbocycles. The molecule has 80 valence electrons. The third kappa shape index (κ3) is 1.82. The van der Waals surface area contributed by atoms with Gasteiger partial charge in [-0.15, -0.1) is 0 Å². The van der Waals surface area contributed by atoms with E-state index in [2.05, 4.69) is 5.32 Å². The van der Waals surface area contributed by atoms with Crippen molar-refractivity contribution >= 4 is 11.6 Å². The fourth-order valence-corrected chi connectivity index (χ4v) is 1.70. The van der Waals surface area contributed by atoms with Crippen LogP contribution in [0.5, 0.6) is 0 Å². The number of amides is 1. The Morgan fingerprint density at radius 1 is 1.27 bits per heavy atom. The summed E-state index contributed by atoms with van der Waals surface area (Å²) in [6.07, 6.45) is -4.89. The van der Waals surface area contributed by atoms with Crippen LogP contribution in [0.15, 0.2) is 24.3 Å². The van der Waals surface area contributed by atoms with E-state index in [9.17, 15) is 18.0 Å². The molecule has 0 saturated heterocycles. The number of fused-ring (bicyclic) bond motifs is 1. The second-order valence-electron chi connectivity index (χ2n) is 3.43. The van der Waals surface area contributed by atoms with Crippen LogP contribution in [0.4, 0.5) is 18.9 Å². The maximum atomic E-state index is 12.6. The second kappa shape index (κ2) is 3.25. The molecule has 1 aromatic rings. The summed E-state index contributed by atoms with van der Waals surface area (Å²) in [5, 5.41) is 2.42. The molecule has 1 heterocycles. The molecule has 1 amide bonds. The molecule has 1 atom stereocenters. The molecule has 1 aliphatic heterocycles. The van der Waals surface area contributed by atoms with E-state index in [0.717, 1.165) is 0 Å². The van der Waals surface area contributed by atoms with E-state index >= 15 is 0 Å². The van der Waals surface area contributed by atoms with Gasteiger partial charge in [0, 0.05) is 12.1 Å². The summed E-state index contributed by atoms with van der Waals surface area (Å²) in [6, 6.07) is 6.00. The molecule has 1 aromatic carbocycles. The standard InChI is InChI=1S/C10H8F3NO/c11-10(12,13)7-5-9(15)14-8-4-2-1-3-6(7)8/h1-4,7H,5H2,(H,14,15)/t7-/m0/s1. The molecule has 5 heteroatoms. The highest BCUT2D eigenvalue weighted by atomic mass is 19.4. The minimum atomic E-state index is -4.37. The van der Waals surface area contributed by atoms with Crippen molar-refractivity contribution in [1.29, 1.82) is 0 Å². The first-order valence-corrected chi connectivity index (χ1v) is 4.44. The smallest absolute Gasteiger partial charge is 0.326 e. The zero-order valence-electron chi connectivity index (χ0n) is 7.64. The van der Waals surface area contributed by atoms with E-state index in [1.165, 1.54) is 18.2 Å². The number of alkyl halides is 3. The van der Waals surface area contributed by atoms with Crippen molar-refractivity contribution in [1.82, 2.24) is 0 Å². The summed E-state index contributed by atoms with van der Waals surface area (Å²) in [6.45, 7) is 0. The van der Waals surface area contributed by atoms with Crippen LogP contribution >= 0.6 is 0 Å². The quantitative estimate of drug-likeness (QED) is 0.708. The molecule has 1 aliphatic rings. The Morgan fingerprint density at radius 3 is 2.60 bits per heavy atom. The third-order valence-corrected chi connectivity index (χ3v) is 2.39. The lowest BCUT2D eigenvalue weighted by molar-refractivity contribution is -0.156. The van der Waals surface area contributed by atoms with Crippen LogP contribution in [-0.4, -0.2) is 12.1 Å². The molecule has 2 rings (SSSR count). The van der Waals surface area contributed by atoms with Crippen molar-refractivity contribution in [3.63, 3.8) is 0 Å². The van der Waals surface area contributed by atoms with E-state index < -0.39 is 24.4 Å². The third-order valence-electron chi connectivity index (χ3n) is 2.39. The molecular formula is C10H8F3NO. The normalized spacial score (nSPS) is 20.7. The molecule has 0 spiro atoms. The van der Waals surface area contributed by atoms with Crippen molar-refractivity contribution in [2.75, 3.05) is 5.32 Å². The van der Waals surface area contributed by atoms with Crippen LogP contribution in [0.25, 0.3) is 0 Å². The lowest BCUT2D eigenvalue weighted by atomic mass is 9.90. The van der Waals surface area contributed by atoms with Crippen molar-refractivity contribution in [2.24, 2.45) is 0 Å². The van der Waals surface area contributed by atoms with Crippen LogP contribution in [-0.2, 0) is 4.79 Å². The molecule has 1 N–H and O–H groups in total. The van der Waals surface area contributed by atoms with Gasteiger partial charge in [-0.2, -0.15) is 13.2 Å². The predicted octanol–water partition coefficient (Wildman–Crippen LogP) is 2.67. The Bertz CT molecular complexity index is 400. The highest BCUT2D eigenvalue weighted by Gasteiger charge is 2.44. The molecular weight excluding hydrogens is 207 g/mol. The Hall–Kier alpha value is -1.52. The number of carbonyl (C=O) groups is 1. The summed E-state index contributed by atoms with van der Waals surface area (Å²) in [7, 11) is 0. The van der Waals surface area contributed by atoms with E-state index in [1.54, 1.807) is 6.07 Å². The topological polar surface area (TPSA) is 29.1 Å². The molecule has 0 bridgehead atoms.